The Morgan fingerprint density at radius 2 is 1.62 bits per heavy atom. The SMILES string of the molecule is CO[Si](OC)(OC)C1CC2CC1CC2CO. The van der Waals surface area contributed by atoms with Crippen molar-refractivity contribution in [2.24, 2.45) is 17.8 Å². The molecule has 0 aromatic rings. The van der Waals surface area contributed by atoms with E-state index in [4.69, 9.17) is 13.3 Å². The molecule has 0 spiro atoms. The standard InChI is InChI=1S/C11H22O4Si/c1-13-16(14-2,15-3)11-6-8-4-9(11)5-10(8)7-12/h8-12H,4-7H2,1-3H3. The molecule has 4 atom stereocenters. The zero-order valence-corrected chi connectivity index (χ0v) is 11.3. The van der Waals surface area contributed by atoms with E-state index in [0.29, 0.717) is 29.9 Å². The van der Waals surface area contributed by atoms with E-state index in [1.165, 1.54) is 6.42 Å². The molecule has 0 aromatic heterocycles. The number of aliphatic hydroxyl groups excluding tert-OH is 1. The van der Waals surface area contributed by atoms with Gasteiger partial charge in [0.1, 0.15) is 0 Å². The average Bonchev–Trinajstić information content (AvgIpc) is 2.91. The summed E-state index contributed by atoms with van der Waals surface area (Å²) in [5, 5.41) is 9.27. The molecule has 0 radical (unpaired) electrons. The van der Waals surface area contributed by atoms with Crippen molar-refractivity contribution in [1.82, 2.24) is 0 Å². The summed E-state index contributed by atoms with van der Waals surface area (Å²) in [5.41, 5.74) is 0.431. The molecule has 4 unspecified atom stereocenters. The van der Waals surface area contributed by atoms with E-state index in [9.17, 15) is 5.11 Å². The van der Waals surface area contributed by atoms with Crippen LogP contribution < -0.4 is 0 Å². The molecule has 0 aromatic carbocycles. The number of aliphatic hydroxyl groups is 1. The van der Waals surface area contributed by atoms with Crippen molar-refractivity contribution in [2.45, 2.75) is 24.8 Å². The average molecular weight is 246 g/mol. The number of hydrogen-bond donors (Lipinski definition) is 1. The van der Waals surface area contributed by atoms with Gasteiger partial charge in [0.25, 0.3) is 0 Å². The van der Waals surface area contributed by atoms with Crippen molar-refractivity contribution in [3.63, 3.8) is 0 Å². The van der Waals surface area contributed by atoms with Crippen LogP contribution in [-0.2, 0) is 13.3 Å². The zero-order valence-electron chi connectivity index (χ0n) is 10.3. The Labute approximate surface area is 98.3 Å². The first-order chi connectivity index (χ1) is 7.70. The molecule has 2 rings (SSSR count). The van der Waals surface area contributed by atoms with Gasteiger partial charge in [-0.2, -0.15) is 0 Å². The molecular weight excluding hydrogens is 224 g/mol. The molecule has 0 amide bonds. The lowest BCUT2D eigenvalue weighted by atomic mass is 9.89. The lowest BCUT2D eigenvalue weighted by Crippen LogP contribution is -2.49. The molecule has 94 valence electrons. The minimum absolute atomic E-state index is 0.329. The van der Waals surface area contributed by atoms with Crippen LogP contribution in [0.5, 0.6) is 0 Å². The van der Waals surface area contributed by atoms with Crippen LogP contribution in [0.2, 0.25) is 5.54 Å². The van der Waals surface area contributed by atoms with Gasteiger partial charge < -0.3 is 18.4 Å². The van der Waals surface area contributed by atoms with Crippen molar-refractivity contribution in [2.75, 3.05) is 27.9 Å². The third kappa shape index (κ3) is 1.75. The molecule has 0 saturated heterocycles. The second-order valence-electron chi connectivity index (χ2n) is 4.99. The highest BCUT2D eigenvalue weighted by atomic mass is 28.4. The van der Waals surface area contributed by atoms with Crippen LogP contribution in [0, 0.1) is 17.8 Å². The predicted molar refractivity (Wildman–Crippen MR) is 61.9 cm³/mol. The molecule has 2 bridgehead atoms. The van der Waals surface area contributed by atoms with Crippen LogP contribution >= 0.6 is 0 Å². The van der Waals surface area contributed by atoms with E-state index in [2.05, 4.69) is 0 Å². The molecule has 0 heterocycles. The summed E-state index contributed by atoms with van der Waals surface area (Å²) in [6.45, 7) is 0.329. The molecule has 1 N–H and O–H groups in total. The highest BCUT2D eigenvalue weighted by Gasteiger charge is 2.58. The van der Waals surface area contributed by atoms with Gasteiger partial charge >= 0.3 is 8.80 Å². The molecule has 2 aliphatic rings. The Hall–Kier alpha value is 0.0569. The van der Waals surface area contributed by atoms with Crippen LogP contribution in [0.4, 0.5) is 0 Å². The molecule has 2 fully saturated rings. The smallest absolute Gasteiger partial charge is 0.396 e. The van der Waals surface area contributed by atoms with E-state index in [0.717, 1.165) is 12.8 Å². The van der Waals surface area contributed by atoms with Crippen molar-refractivity contribution in [1.29, 1.82) is 0 Å². The summed E-state index contributed by atoms with van der Waals surface area (Å²) >= 11 is 0. The Bertz CT molecular complexity index is 236. The molecule has 16 heavy (non-hydrogen) atoms. The predicted octanol–water partition coefficient (Wildman–Crippen LogP) is 1.27. The summed E-state index contributed by atoms with van der Waals surface area (Å²) in [6.07, 6.45) is 3.41. The fourth-order valence-electron chi connectivity index (χ4n) is 3.76. The molecule has 0 aliphatic heterocycles. The lowest BCUT2D eigenvalue weighted by molar-refractivity contribution is 0.0924. The summed E-state index contributed by atoms with van der Waals surface area (Å²) in [4.78, 5) is 0. The quantitative estimate of drug-likeness (QED) is 0.742. The second-order valence-corrected chi connectivity index (χ2v) is 8.17. The maximum Gasteiger partial charge on any atom is 0.503 e. The van der Waals surface area contributed by atoms with E-state index in [1.54, 1.807) is 21.3 Å². The van der Waals surface area contributed by atoms with Gasteiger partial charge in [-0.05, 0) is 37.0 Å². The third-order valence-corrected chi connectivity index (χ3v) is 7.87. The first kappa shape index (κ1) is 12.5. The van der Waals surface area contributed by atoms with Crippen molar-refractivity contribution in [3.05, 3.63) is 0 Å². The fourth-order valence-corrected chi connectivity index (χ4v) is 6.60. The highest BCUT2D eigenvalue weighted by Crippen LogP contribution is 2.57. The van der Waals surface area contributed by atoms with Crippen LogP contribution in [0.15, 0.2) is 0 Å². The molecular formula is C11H22O4Si. The fraction of sp³-hybridized carbons (Fsp3) is 1.00. The normalized spacial score (nSPS) is 38.2. The van der Waals surface area contributed by atoms with Gasteiger partial charge in [-0.25, -0.2) is 0 Å². The van der Waals surface area contributed by atoms with E-state index in [-0.39, 0.29) is 0 Å². The molecule has 4 nitrogen and oxygen atoms in total. The molecule has 5 heteroatoms. The van der Waals surface area contributed by atoms with Gasteiger partial charge in [-0.1, -0.05) is 0 Å². The second kappa shape index (κ2) is 4.74. The van der Waals surface area contributed by atoms with Gasteiger partial charge in [-0.15, -0.1) is 0 Å². The third-order valence-electron chi connectivity index (χ3n) is 4.55. The van der Waals surface area contributed by atoms with E-state index >= 15 is 0 Å². The number of hydrogen-bond acceptors (Lipinski definition) is 4. The Morgan fingerprint density at radius 3 is 2.00 bits per heavy atom. The van der Waals surface area contributed by atoms with Crippen molar-refractivity contribution < 1.29 is 18.4 Å². The maximum absolute atomic E-state index is 9.27. The van der Waals surface area contributed by atoms with Gasteiger partial charge in [0.2, 0.25) is 0 Å². The minimum atomic E-state index is -2.46. The summed E-state index contributed by atoms with van der Waals surface area (Å²) in [7, 11) is 2.61. The van der Waals surface area contributed by atoms with Gasteiger partial charge in [0.15, 0.2) is 0 Å². The lowest BCUT2D eigenvalue weighted by Gasteiger charge is -2.36. The maximum atomic E-state index is 9.27. The van der Waals surface area contributed by atoms with Crippen LogP contribution in [0.3, 0.4) is 0 Å². The molecule has 2 saturated carbocycles. The van der Waals surface area contributed by atoms with Crippen LogP contribution in [0.25, 0.3) is 0 Å². The van der Waals surface area contributed by atoms with Gasteiger partial charge in [0, 0.05) is 33.5 Å². The highest BCUT2D eigenvalue weighted by molar-refractivity contribution is 6.62. The first-order valence-corrected chi connectivity index (χ1v) is 7.77. The largest absolute Gasteiger partial charge is 0.503 e. The summed E-state index contributed by atoms with van der Waals surface area (Å²) < 4.78 is 16.7. The summed E-state index contributed by atoms with van der Waals surface area (Å²) in [5.74, 6) is 1.76. The topological polar surface area (TPSA) is 47.9 Å². The Balaban J connectivity index is 2.08. The zero-order chi connectivity index (χ0) is 11.8. The molecule has 2 aliphatic carbocycles. The van der Waals surface area contributed by atoms with Gasteiger partial charge in [0.05, 0.1) is 0 Å². The van der Waals surface area contributed by atoms with E-state index in [1.807, 2.05) is 0 Å². The number of fused-ring (bicyclic) bond motifs is 2. The van der Waals surface area contributed by atoms with Crippen LogP contribution in [0.1, 0.15) is 19.3 Å². The van der Waals surface area contributed by atoms with Crippen molar-refractivity contribution in [3.8, 4) is 0 Å². The van der Waals surface area contributed by atoms with E-state index < -0.39 is 8.80 Å². The van der Waals surface area contributed by atoms with Crippen LogP contribution in [-0.4, -0.2) is 41.8 Å². The minimum Gasteiger partial charge on any atom is -0.396 e. The Kier molecular flexibility index (Phi) is 3.71. The Morgan fingerprint density at radius 1 is 1.00 bits per heavy atom. The first-order valence-electron chi connectivity index (χ1n) is 5.97. The summed E-state index contributed by atoms with van der Waals surface area (Å²) in [6, 6.07) is 0. The number of rotatable bonds is 5. The van der Waals surface area contributed by atoms with Gasteiger partial charge in [-0.3, -0.25) is 0 Å². The van der Waals surface area contributed by atoms with Crippen molar-refractivity contribution >= 4 is 8.80 Å². The monoisotopic (exact) mass is 246 g/mol.